The number of hydrogen-bond acceptors (Lipinski definition) is 0. The van der Waals surface area contributed by atoms with Gasteiger partial charge in [-0.1, -0.05) is 50.5 Å². The van der Waals surface area contributed by atoms with Crippen molar-refractivity contribution in [2.75, 3.05) is 0 Å². The first-order chi connectivity index (χ1) is 10.5. The molecule has 0 N–H and O–H groups in total. The Hall–Kier alpha value is -0.520. The lowest BCUT2D eigenvalue weighted by Gasteiger charge is -2.54. The van der Waals surface area contributed by atoms with E-state index in [1.54, 1.807) is 5.57 Å². The van der Waals surface area contributed by atoms with Crippen LogP contribution in [-0.4, -0.2) is 0 Å². The zero-order valence-electron chi connectivity index (χ0n) is 15.2. The normalized spacial score (nSPS) is 47.6. The molecule has 0 bridgehead atoms. The van der Waals surface area contributed by atoms with Gasteiger partial charge >= 0.3 is 0 Å². The molecular weight excluding hydrogens is 264 g/mol. The first kappa shape index (κ1) is 15.0. The second-order valence-corrected chi connectivity index (χ2v) is 9.33. The molecule has 0 aromatic rings. The summed E-state index contributed by atoms with van der Waals surface area (Å²) in [5, 5.41) is 0. The summed E-state index contributed by atoms with van der Waals surface area (Å²) in [5.74, 6) is 2.82. The van der Waals surface area contributed by atoms with E-state index in [1.807, 2.05) is 11.1 Å². The van der Waals surface area contributed by atoms with Crippen molar-refractivity contribution in [1.82, 2.24) is 0 Å². The Morgan fingerprint density at radius 1 is 1.09 bits per heavy atom. The van der Waals surface area contributed by atoms with Gasteiger partial charge in [-0.2, -0.15) is 0 Å². The van der Waals surface area contributed by atoms with Crippen LogP contribution < -0.4 is 0 Å². The minimum atomic E-state index is 0.513. The maximum atomic E-state index is 2.64. The van der Waals surface area contributed by atoms with Crippen LogP contribution in [0.2, 0.25) is 0 Å². The smallest absolute Gasteiger partial charge is 0.00450 e. The molecule has 4 aliphatic carbocycles. The van der Waals surface area contributed by atoms with Crippen LogP contribution in [0.4, 0.5) is 0 Å². The third kappa shape index (κ3) is 1.88. The molecule has 5 atom stereocenters. The highest BCUT2D eigenvalue weighted by atomic mass is 14.6. The first-order valence-electron chi connectivity index (χ1n) is 9.91. The molecule has 0 heteroatoms. The molecule has 4 aliphatic rings. The predicted molar refractivity (Wildman–Crippen MR) is 94.7 cm³/mol. The molecule has 0 aromatic heterocycles. The lowest BCUT2D eigenvalue weighted by atomic mass is 9.50. The first-order valence-corrected chi connectivity index (χ1v) is 9.91. The van der Waals surface area contributed by atoms with E-state index in [4.69, 9.17) is 0 Å². The molecular formula is C22H34. The zero-order chi connectivity index (χ0) is 15.5. The molecule has 1 fully saturated rings. The van der Waals surface area contributed by atoms with Crippen LogP contribution in [0.5, 0.6) is 0 Å². The average molecular weight is 299 g/mol. The Morgan fingerprint density at radius 2 is 1.91 bits per heavy atom. The van der Waals surface area contributed by atoms with Gasteiger partial charge in [-0.05, 0) is 86.4 Å². The number of fused-ring (bicyclic) bond motifs is 4. The molecule has 0 nitrogen and oxygen atoms in total. The van der Waals surface area contributed by atoms with E-state index in [0.29, 0.717) is 10.8 Å². The van der Waals surface area contributed by atoms with Crippen molar-refractivity contribution in [2.24, 2.45) is 28.6 Å². The van der Waals surface area contributed by atoms with Crippen LogP contribution in [0.3, 0.4) is 0 Å². The maximum Gasteiger partial charge on any atom is -0.00450 e. The van der Waals surface area contributed by atoms with E-state index in [-0.39, 0.29) is 0 Å². The Labute approximate surface area is 137 Å². The van der Waals surface area contributed by atoms with Crippen LogP contribution >= 0.6 is 0 Å². The van der Waals surface area contributed by atoms with Crippen molar-refractivity contribution in [3.63, 3.8) is 0 Å². The molecule has 0 spiro atoms. The molecule has 0 aliphatic heterocycles. The predicted octanol–water partition coefficient (Wildman–Crippen LogP) is 6.68. The second kappa shape index (κ2) is 4.99. The van der Waals surface area contributed by atoms with Gasteiger partial charge in [0.2, 0.25) is 0 Å². The van der Waals surface area contributed by atoms with Crippen molar-refractivity contribution in [3.8, 4) is 0 Å². The van der Waals surface area contributed by atoms with Gasteiger partial charge < -0.3 is 0 Å². The van der Waals surface area contributed by atoms with Gasteiger partial charge in [-0.25, -0.2) is 0 Å². The Morgan fingerprint density at radius 3 is 2.68 bits per heavy atom. The largest absolute Gasteiger partial charge is 0.0841 e. The number of allylic oxidation sites excluding steroid dienone is 4. The standard InChI is InChI=1S/C22H34/c1-5-16-7-9-19-18-8-6-17-14-15(2)10-12-22(17,4)20(18)11-13-21(16,19)3/h7,15,17,19H,5-6,8-14H2,1-4H3/t15-,17-,19?,21-,22+/m1/s1. The van der Waals surface area contributed by atoms with Crippen LogP contribution in [0.15, 0.2) is 22.8 Å². The summed E-state index contributed by atoms with van der Waals surface area (Å²) >= 11 is 0. The highest BCUT2D eigenvalue weighted by Gasteiger charge is 2.52. The van der Waals surface area contributed by atoms with E-state index in [0.717, 1.165) is 17.8 Å². The van der Waals surface area contributed by atoms with Crippen LogP contribution in [0, 0.1) is 28.6 Å². The molecule has 4 rings (SSSR count). The molecule has 0 aromatic carbocycles. The molecule has 0 saturated heterocycles. The molecule has 0 heterocycles. The highest BCUT2D eigenvalue weighted by molar-refractivity contribution is 5.39. The van der Waals surface area contributed by atoms with Gasteiger partial charge in [0, 0.05) is 0 Å². The SMILES string of the molecule is CCC1=CCC2C3=C(CC[C@]12C)[C@@]1(C)CC[C@@H](C)C[C@H]1CC3. The monoisotopic (exact) mass is 298 g/mol. The third-order valence-corrected chi connectivity index (χ3v) is 8.38. The molecule has 0 radical (unpaired) electrons. The molecule has 122 valence electrons. The van der Waals surface area contributed by atoms with Crippen molar-refractivity contribution in [2.45, 2.75) is 85.5 Å². The Kier molecular flexibility index (Phi) is 3.41. The Bertz CT molecular complexity index is 536. The quantitative estimate of drug-likeness (QED) is 0.474. The third-order valence-electron chi connectivity index (χ3n) is 8.38. The van der Waals surface area contributed by atoms with E-state index < -0.39 is 0 Å². The van der Waals surface area contributed by atoms with E-state index in [2.05, 4.69) is 33.8 Å². The fourth-order valence-corrected chi connectivity index (χ4v) is 6.90. The highest BCUT2D eigenvalue weighted by Crippen LogP contribution is 2.64. The van der Waals surface area contributed by atoms with Gasteiger partial charge in [0.1, 0.15) is 0 Å². The number of hydrogen-bond donors (Lipinski definition) is 0. The zero-order valence-corrected chi connectivity index (χ0v) is 15.2. The summed E-state index contributed by atoms with van der Waals surface area (Å²) in [4.78, 5) is 0. The second-order valence-electron chi connectivity index (χ2n) is 9.33. The summed E-state index contributed by atoms with van der Waals surface area (Å²) in [7, 11) is 0. The van der Waals surface area contributed by atoms with Crippen molar-refractivity contribution < 1.29 is 0 Å². The molecule has 22 heavy (non-hydrogen) atoms. The topological polar surface area (TPSA) is 0 Å². The summed E-state index contributed by atoms with van der Waals surface area (Å²) in [6.45, 7) is 10.1. The fourth-order valence-electron chi connectivity index (χ4n) is 6.90. The summed E-state index contributed by atoms with van der Waals surface area (Å²) < 4.78 is 0. The minimum Gasteiger partial charge on any atom is -0.0841 e. The van der Waals surface area contributed by atoms with Crippen LogP contribution in [-0.2, 0) is 0 Å². The fraction of sp³-hybridized carbons (Fsp3) is 0.818. The molecule has 1 saturated carbocycles. The average Bonchev–Trinajstić information content (AvgIpc) is 2.84. The Balaban J connectivity index is 1.71. The van der Waals surface area contributed by atoms with Crippen molar-refractivity contribution in [3.05, 3.63) is 22.8 Å². The van der Waals surface area contributed by atoms with Gasteiger partial charge in [-0.3, -0.25) is 0 Å². The van der Waals surface area contributed by atoms with Crippen molar-refractivity contribution in [1.29, 1.82) is 0 Å². The lowest BCUT2D eigenvalue weighted by Crippen LogP contribution is -2.43. The maximum absolute atomic E-state index is 2.64. The van der Waals surface area contributed by atoms with E-state index in [9.17, 15) is 0 Å². The van der Waals surface area contributed by atoms with Gasteiger partial charge in [0.15, 0.2) is 0 Å². The van der Waals surface area contributed by atoms with Gasteiger partial charge in [0.25, 0.3) is 0 Å². The van der Waals surface area contributed by atoms with Gasteiger partial charge in [0.05, 0.1) is 0 Å². The molecule has 1 unspecified atom stereocenters. The van der Waals surface area contributed by atoms with E-state index in [1.165, 1.54) is 57.8 Å². The van der Waals surface area contributed by atoms with Crippen molar-refractivity contribution >= 4 is 0 Å². The lowest BCUT2D eigenvalue weighted by molar-refractivity contribution is 0.0801. The minimum absolute atomic E-state index is 0.513. The summed E-state index contributed by atoms with van der Waals surface area (Å²) in [6, 6.07) is 0. The number of rotatable bonds is 1. The summed E-state index contributed by atoms with van der Waals surface area (Å²) in [5.41, 5.74) is 6.73. The van der Waals surface area contributed by atoms with Crippen LogP contribution in [0.25, 0.3) is 0 Å². The van der Waals surface area contributed by atoms with E-state index >= 15 is 0 Å². The van der Waals surface area contributed by atoms with Crippen LogP contribution in [0.1, 0.15) is 85.5 Å². The summed E-state index contributed by atoms with van der Waals surface area (Å²) in [6.07, 6.45) is 15.4. The van der Waals surface area contributed by atoms with Gasteiger partial charge in [-0.15, -0.1) is 0 Å². The molecule has 0 amide bonds.